The molecule has 7 heteroatoms. The second-order valence-electron chi connectivity index (χ2n) is 5.18. The summed E-state index contributed by atoms with van der Waals surface area (Å²) in [6.45, 7) is 3.41. The van der Waals surface area contributed by atoms with Crippen LogP contribution in [0.4, 0.5) is 0 Å². The Balaban J connectivity index is 2.06. The zero-order valence-corrected chi connectivity index (χ0v) is 13.6. The Labute approximate surface area is 130 Å². The third kappa shape index (κ3) is 3.96. The molecule has 2 unspecified atom stereocenters. The van der Waals surface area contributed by atoms with Gasteiger partial charge in [-0.05, 0) is 30.5 Å². The summed E-state index contributed by atoms with van der Waals surface area (Å²) in [5, 5.41) is 0.371. The zero-order chi connectivity index (χ0) is 15.5. The molecule has 2 atom stereocenters. The Kier molecular flexibility index (Phi) is 5.62. The van der Waals surface area contributed by atoms with Gasteiger partial charge in [-0.25, -0.2) is 13.1 Å². The van der Waals surface area contributed by atoms with E-state index in [1.807, 2.05) is 6.92 Å². The lowest BCUT2D eigenvalue weighted by atomic mass is 10.0. The number of nitrogens with two attached hydrogens (primary N) is 1. The number of rotatable bonds is 6. The summed E-state index contributed by atoms with van der Waals surface area (Å²) in [6, 6.07) is 4.61. The van der Waals surface area contributed by atoms with Gasteiger partial charge in [-0.15, -0.1) is 0 Å². The van der Waals surface area contributed by atoms with Crippen molar-refractivity contribution in [3.63, 3.8) is 0 Å². The van der Waals surface area contributed by atoms with E-state index in [4.69, 9.17) is 22.1 Å². The Morgan fingerprint density at radius 1 is 1.48 bits per heavy atom. The molecular formula is C14H21ClN2O3S. The smallest absolute Gasteiger partial charge is 0.240 e. The maximum Gasteiger partial charge on any atom is 0.240 e. The summed E-state index contributed by atoms with van der Waals surface area (Å²) in [6.07, 6.45) is 1.91. The van der Waals surface area contributed by atoms with Crippen LogP contribution in [-0.4, -0.2) is 27.7 Å². The van der Waals surface area contributed by atoms with Gasteiger partial charge < -0.3 is 10.5 Å². The molecule has 5 nitrogen and oxygen atoms in total. The van der Waals surface area contributed by atoms with Crippen molar-refractivity contribution in [1.82, 2.24) is 4.72 Å². The Hall–Kier alpha value is -0.660. The van der Waals surface area contributed by atoms with E-state index in [1.165, 1.54) is 12.1 Å². The largest absolute Gasteiger partial charge is 0.378 e. The molecule has 1 aromatic rings. The Morgan fingerprint density at radius 2 is 2.24 bits per heavy atom. The number of hydrogen-bond acceptors (Lipinski definition) is 4. The molecule has 3 N–H and O–H groups in total. The lowest BCUT2D eigenvalue weighted by molar-refractivity contribution is 0.0884. The fourth-order valence-electron chi connectivity index (χ4n) is 2.54. The van der Waals surface area contributed by atoms with Gasteiger partial charge in [0.05, 0.1) is 11.0 Å². The van der Waals surface area contributed by atoms with Gasteiger partial charge in [0.25, 0.3) is 0 Å². The van der Waals surface area contributed by atoms with Crippen LogP contribution in [0.3, 0.4) is 0 Å². The predicted octanol–water partition coefficient (Wildman–Crippen LogP) is 1.89. The summed E-state index contributed by atoms with van der Waals surface area (Å²) >= 11 is 6.02. The molecule has 1 aliphatic rings. The number of halogens is 1. The van der Waals surface area contributed by atoms with Crippen LogP contribution in [0.15, 0.2) is 23.1 Å². The first-order chi connectivity index (χ1) is 9.97. The highest BCUT2D eigenvalue weighted by molar-refractivity contribution is 7.89. The highest BCUT2D eigenvalue weighted by Crippen LogP contribution is 2.24. The van der Waals surface area contributed by atoms with Crippen molar-refractivity contribution in [2.75, 3.05) is 13.2 Å². The molecule has 1 fully saturated rings. The fraction of sp³-hybridized carbons (Fsp3) is 0.571. The highest BCUT2D eigenvalue weighted by Gasteiger charge is 2.28. The topological polar surface area (TPSA) is 81.4 Å². The van der Waals surface area contributed by atoms with Crippen LogP contribution in [-0.2, 0) is 21.3 Å². The van der Waals surface area contributed by atoms with Gasteiger partial charge in [-0.2, -0.15) is 0 Å². The minimum atomic E-state index is -3.56. The highest BCUT2D eigenvalue weighted by atomic mass is 35.5. The van der Waals surface area contributed by atoms with E-state index >= 15 is 0 Å². The van der Waals surface area contributed by atoms with Crippen molar-refractivity contribution < 1.29 is 13.2 Å². The second-order valence-corrected chi connectivity index (χ2v) is 7.35. The Morgan fingerprint density at radius 3 is 2.86 bits per heavy atom. The van der Waals surface area contributed by atoms with Crippen LogP contribution < -0.4 is 10.5 Å². The predicted molar refractivity (Wildman–Crippen MR) is 82.7 cm³/mol. The number of benzene rings is 1. The van der Waals surface area contributed by atoms with Crippen LogP contribution in [0.2, 0.25) is 5.02 Å². The molecule has 0 spiro atoms. The van der Waals surface area contributed by atoms with Gasteiger partial charge in [0, 0.05) is 30.6 Å². The van der Waals surface area contributed by atoms with Crippen LogP contribution in [0, 0.1) is 5.92 Å². The molecule has 0 radical (unpaired) electrons. The van der Waals surface area contributed by atoms with E-state index in [0.717, 1.165) is 18.4 Å². The van der Waals surface area contributed by atoms with E-state index < -0.39 is 10.0 Å². The average molecular weight is 333 g/mol. The lowest BCUT2D eigenvalue weighted by Crippen LogP contribution is -2.32. The molecule has 2 rings (SSSR count). The summed E-state index contributed by atoms with van der Waals surface area (Å²) in [7, 11) is -3.56. The minimum Gasteiger partial charge on any atom is -0.378 e. The molecule has 1 heterocycles. The van der Waals surface area contributed by atoms with Crippen molar-refractivity contribution in [2.45, 2.75) is 37.3 Å². The van der Waals surface area contributed by atoms with Crippen molar-refractivity contribution in [3.8, 4) is 0 Å². The first kappa shape index (κ1) is 16.7. The fourth-order valence-corrected chi connectivity index (χ4v) is 3.98. The molecule has 1 saturated heterocycles. The third-order valence-electron chi connectivity index (χ3n) is 3.84. The van der Waals surface area contributed by atoms with Gasteiger partial charge in [0.1, 0.15) is 0 Å². The van der Waals surface area contributed by atoms with Gasteiger partial charge in [-0.3, -0.25) is 0 Å². The van der Waals surface area contributed by atoms with E-state index in [9.17, 15) is 8.42 Å². The molecule has 0 bridgehead atoms. The average Bonchev–Trinajstić information content (AvgIpc) is 2.92. The lowest BCUT2D eigenvalue weighted by Gasteiger charge is -2.17. The maximum absolute atomic E-state index is 12.3. The van der Waals surface area contributed by atoms with E-state index in [0.29, 0.717) is 18.2 Å². The van der Waals surface area contributed by atoms with Crippen molar-refractivity contribution in [1.29, 1.82) is 0 Å². The molecule has 0 aliphatic carbocycles. The molecule has 21 heavy (non-hydrogen) atoms. The first-order valence-corrected chi connectivity index (χ1v) is 8.93. The second kappa shape index (κ2) is 7.07. The minimum absolute atomic E-state index is 0.135. The Bertz CT molecular complexity index is 592. The standard InChI is InChI=1S/C14H21ClN2O3S/c1-2-14-11(5-6-20-14)9-17-21(18,19)12-4-3-10(8-16)13(15)7-12/h3-4,7,11,14,17H,2,5-6,8-9,16H2,1H3. The molecule has 0 saturated carbocycles. The quantitative estimate of drug-likeness (QED) is 0.833. The summed E-state index contributed by atoms with van der Waals surface area (Å²) in [5.74, 6) is 0.226. The number of hydrogen-bond donors (Lipinski definition) is 2. The zero-order valence-electron chi connectivity index (χ0n) is 12.0. The summed E-state index contributed by atoms with van der Waals surface area (Å²) in [5.41, 5.74) is 6.25. The van der Waals surface area contributed by atoms with E-state index in [-0.39, 0.29) is 23.5 Å². The van der Waals surface area contributed by atoms with Crippen molar-refractivity contribution >= 4 is 21.6 Å². The first-order valence-electron chi connectivity index (χ1n) is 7.07. The third-order valence-corrected chi connectivity index (χ3v) is 5.61. The van der Waals surface area contributed by atoms with Crippen LogP contribution in [0.25, 0.3) is 0 Å². The summed E-state index contributed by atoms with van der Waals surface area (Å²) in [4.78, 5) is 0.164. The van der Waals surface area contributed by atoms with E-state index in [1.54, 1.807) is 6.07 Å². The molecule has 118 valence electrons. The summed E-state index contributed by atoms with van der Waals surface area (Å²) < 4.78 is 32.8. The van der Waals surface area contributed by atoms with Crippen LogP contribution in [0.5, 0.6) is 0 Å². The SMILES string of the molecule is CCC1OCCC1CNS(=O)(=O)c1ccc(CN)c(Cl)c1. The van der Waals surface area contributed by atoms with Crippen molar-refractivity contribution in [3.05, 3.63) is 28.8 Å². The maximum atomic E-state index is 12.3. The van der Waals surface area contributed by atoms with Crippen LogP contribution >= 0.6 is 11.6 Å². The van der Waals surface area contributed by atoms with Crippen LogP contribution in [0.1, 0.15) is 25.3 Å². The number of sulfonamides is 1. The number of nitrogens with one attached hydrogen (secondary N) is 1. The normalized spacial score (nSPS) is 22.6. The molecule has 0 amide bonds. The van der Waals surface area contributed by atoms with E-state index in [2.05, 4.69) is 4.72 Å². The van der Waals surface area contributed by atoms with Crippen molar-refractivity contribution in [2.24, 2.45) is 11.7 Å². The molecular weight excluding hydrogens is 312 g/mol. The molecule has 1 aliphatic heterocycles. The molecule has 0 aromatic heterocycles. The molecule has 1 aromatic carbocycles. The van der Waals surface area contributed by atoms with Gasteiger partial charge in [0.2, 0.25) is 10.0 Å². The van der Waals surface area contributed by atoms with Gasteiger partial charge in [0.15, 0.2) is 0 Å². The monoisotopic (exact) mass is 332 g/mol. The van der Waals surface area contributed by atoms with Gasteiger partial charge >= 0.3 is 0 Å². The van der Waals surface area contributed by atoms with Gasteiger partial charge in [-0.1, -0.05) is 24.6 Å². The number of ether oxygens (including phenoxy) is 1.